The molecule has 0 saturated heterocycles. The fourth-order valence-corrected chi connectivity index (χ4v) is 5.57. The highest BCUT2D eigenvalue weighted by Gasteiger charge is 2.33. The van der Waals surface area contributed by atoms with E-state index in [-0.39, 0.29) is 17.4 Å². The van der Waals surface area contributed by atoms with Crippen LogP contribution in [0.25, 0.3) is 5.69 Å². The molecule has 0 unspecified atom stereocenters. The molecule has 1 aromatic heterocycles. The van der Waals surface area contributed by atoms with Crippen LogP contribution in [-0.2, 0) is 26.1 Å². The van der Waals surface area contributed by atoms with Crippen LogP contribution in [0, 0.1) is 12.8 Å². The van der Waals surface area contributed by atoms with E-state index in [1.54, 1.807) is 4.68 Å². The molecule has 1 aliphatic heterocycles. The Bertz CT molecular complexity index is 955. The first-order valence-corrected chi connectivity index (χ1v) is 11.4. The van der Waals surface area contributed by atoms with Crippen LogP contribution < -0.4 is 5.32 Å². The molecule has 144 valence electrons. The summed E-state index contributed by atoms with van der Waals surface area (Å²) in [4.78, 5) is 12.6. The van der Waals surface area contributed by atoms with Gasteiger partial charge in [0.1, 0.15) is 5.82 Å². The summed E-state index contributed by atoms with van der Waals surface area (Å²) in [6, 6.07) is 7.81. The molecule has 7 heteroatoms. The van der Waals surface area contributed by atoms with E-state index in [4.69, 9.17) is 0 Å². The van der Waals surface area contributed by atoms with Crippen LogP contribution in [0.4, 0.5) is 5.82 Å². The fourth-order valence-electron chi connectivity index (χ4n) is 4.07. The van der Waals surface area contributed by atoms with E-state index in [1.807, 2.05) is 31.2 Å². The summed E-state index contributed by atoms with van der Waals surface area (Å²) in [5, 5.41) is 7.46. The van der Waals surface area contributed by atoms with Gasteiger partial charge in [0.15, 0.2) is 9.84 Å². The molecule has 0 bridgehead atoms. The molecule has 4 rings (SSSR count). The minimum absolute atomic E-state index is 0.0631. The Hall–Kier alpha value is -2.15. The molecule has 1 N–H and O–H groups in total. The average Bonchev–Trinajstić information content (AvgIpc) is 3.30. The molecule has 1 aliphatic carbocycles. The molecule has 0 atom stereocenters. The number of nitrogens with one attached hydrogen (secondary N) is 1. The van der Waals surface area contributed by atoms with Crippen molar-refractivity contribution in [2.24, 2.45) is 5.92 Å². The topological polar surface area (TPSA) is 81.1 Å². The lowest BCUT2D eigenvalue weighted by molar-refractivity contribution is -0.116. The van der Waals surface area contributed by atoms with Crippen LogP contribution in [0.15, 0.2) is 24.3 Å². The highest BCUT2D eigenvalue weighted by Crippen LogP contribution is 2.33. The van der Waals surface area contributed by atoms with Crippen molar-refractivity contribution < 1.29 is 13.2 Å². The number of rotatable bonds is 5. The number of sulfone groups is 1. The van der Waals surface area contributed by atoms with E-state index in [1.165, 1.54) is 25.7 Å². The van der Waals surface area contributed by atoms with Gasteiger partial charge in [-0.2, -0.15) is 5.10 Å². The van der Waals surface area contributed by atoms with Gasteiger partial charge in [0.25, 0.3) is 0 Å². The number of carbonyl (C=O) groups is 1. The molecule has 1 saturated carbocycles. The highest BCUT2D eigenvalue weighted by molar-refractivity contribution is 7.90. The summed E-state index contributed by atoms with van der Waals surface area (Å²) in [5.41, 5.74) is 3.12. The zero-order valence-electron chi connectivity index (χ0n) is 15.6. The van der Waals surface area contributed by atoms with Gasteiger partial charge in [-0.3, -0.25) is 4.79 Å². The number of anilines is 1. The van der Waals surface area contributed by atoms with Gasteiger partial charge in [0.2, 0.25) is 5.91 Å². The molecular formula is C20H25N3O3S. The average molecular weight is 388 g/mol. The van der Waals surface area contributed by atoms with Crippen molar-refractivity contribution in [3.05, 3.63) is 41.1 Å². The Kier molecular flexibility index (Phi) is 4.80. The molecule has 1 amide bonds. The second kappa shape index (κ2) is 7.11. The molecule has 2 heterocycles. The van der Waals surface area contributed by atoms with Gasteiger partial charge in [0, 0.05) is 12.0 Å². The maximum atomic E-state index is 12.6. The number of amides is 1. The predicted octanol–water partition coefficient (Wildman–Crippen LogP) is 3.52. The van der Waals surface area contributed by atoms with Crippen molar-refractivity contribution in [3.8, 4) is 5.69 Å². The van der Waals surface area contributed by atoms with Crippen LogP contribution in [-0.4, -0.2) is 24.1 Å². The summed E-state index contributed by atoms with van der Waals surface area (Å²) >= 11 is 0. The first kappa shape index (κ1) is 18.2. The van der Waals surface area contributed by atoms with Crippen molar-refractivity contribution in [1.82, 2.24) is 9.78 Å². The third-order valence-electron chi connectivity index (χ3n) is 5.58. The van der Waals surface area contributed by atoms with Gasteiger partial charge in [-0.1, -0.05) is 43.4 Å². The maximum absolute atomic E-state index is 12.6. The van der Waals surface area contributed by atoms with Gasteiger partial charge in [-0.25, -0.2) is 13.1 Å². The number of hydrogen-bond acceptors (Lipinski definition) is 4. The summed E-state index contributed by atoms with van der Waals surface area (Å²) in [6.07, 6.45) is 6.30. The summed E-state index contributed by atoms with van der Waals surface area (Å²) < 4.78 is 25.7. The van der Waals surface area contributed by atoms with Gasteiger partial charge < -0.3 is 5.32 Å². The molecular weight excluding hydrogens is 362 g/mol. The number of aryl methyl sites for hydroxylation is 1. The van der Waals surface area contributed by atoms with Crippen molar-refractivity contribution in [2.75, 3.05) is 5.32 Å². The van der Waals surface area contributed by atoms with E-state index in [2.05, 4.69) is 10.4 Å². The lowest BCUT2D eigenvalue weighted by Gasteiger charge is -2.12. The van der Waals surface area contributed by atoms with Gasteiger partial charge in [0.05, 0.1) is 22.9 Å². The zero-order valence-corrected chi connectivity index (χ0v) is 16.4. The zero-order chi connectivity index (χ0) is 19.0. The predicted molar refractivity (Wildman–Crippen MR) is 104 cm³/mol. The Morgan fingerprint density at radius 2 is 1.89 bits per heavy atom. The van der Waals surface area contributed by atoms with Crippen LogP contribution >= 0.6 is 0 Å². The normalized spacial score (nSPS) is 18.6. The standard InChI is InChI=1S/C20H25N3O3S/c1-14-6-9-16(10-7-14)23-20(17-12-27(25,26)13-18(17)22-23)21-19(24)11-8-15-4-2-3-5-15/h6-7,9-10,15H,2-5,8,11-13H2,1H3,(H,21,24). The highest BCUT2D eigenvalue weighted by atomic mass is 32.2. The number of benzene rings is 1. The second-order valence-electron chi connectivity index (χ2n) is 7.79. The SMILES string of the molecule is Cc1ccc(-n2nc3c(c2NC(=O)CCC2CCCC2)CS(=O)(=O)C3)cc1. The Balaban J connectivity index is 1.59. The third kappa shape index (κ3) is 3.93. The molecule has 0 radical (unpaired) electrons. The number of hydrogen-bond donors (Lipinski definition) is 1. The molecule has 6 nitrogen and oxygen atoms in total. The largest absolute Gasteiger partial charge is 0.310 e. The summed E-state index contributed by atoms with van der Waals surface area (Å²) in [5.74, 6) is 0.955. The van der Waals surface area contributed by atoms with E-state index in [0.717, 1.165) is 17.7 Å². The van der Waals surface area contributed by atoms with E-state index in [0.29, 0.717) is 29.4 Å². The minimum Gasteiger partial charge on any atom is -0.310 e. The second-order valence-corrected chi connectivity index (χ2v) is 9.86. The lowest BCUT2D eigenvalue weighted by Crippen LogP contribution is -2.17. The first-order chi connectivity index (χ1) is 12.9. The maximum Gasteiger partial charge on any atom is 0.225 e. The molecule has 2 aliphatic rings. The molecule has 27 heavy (non-hydrogen) atoms. The van der Waals surface area contributed by atoms with Crippen molar-refractivity contribution >= 4 is 21.6 Å². The van der Waals surface area contributed by atoms with E-state index < -0.39 is 9.84 Å². The Morgan fingerprint density at radius 3 is 2.59 bits per heavy atom. The molecule has 2 aromatic rings. The summed E-state index contributed by atoms with van der Waals surface area (Å²) in [6.45, 7) is 2.01. The smallest absolute Gasteiger partial charge is 0.225 e. The molecule has 0 spiro atoms. The molecule has 1 aromatic carbocycles. The van der Waals surface area contributed by atoms with Crippen molar-refractivity contribution in [1.29, 1.82) is 0 Å². The van der Waals surface area contributed by atoms with Gasteiger partial charge in [-0.15, -0.1) is 0 Å². The fraction of sp³-hybridized carbons (Fsp3) is 0.500. The summed E-state index contributed by atoms with van der Waals surface area (Å²) in [7, 11) is -3.18. The Labute approximate surface area is 159 Å². The minimum atomic E-state index is -3.18. The number of nitrogens with zero attached hydrogens (tertiary/aromatic N) is 2. The molecule has 1 fully saturated rings. The van der Waals surface area contributed by atoms with Gasteiger partial charge in [-0.05, 0) is 31.4 Å². The van der Waals surface area contributed by atoms with Crippen molar-refractivity contribution in [3.63, 3.8) is 0 Å². The number of fused-ring (bicyclic) bond motifs is 1. The third-order valence-corrected chi connectivity index (χ3v) is 7.02. The van der Waals surface area contributed by atoms with Crippen LogP contribution in [0.1, 0.15) is 55.3 Å². The van der Waals surface area contributed by atoms with Crippen molar-refractivity contribution in [2.45, 2.75) is 57.0 Å². The van der Waals surface area contributed by atoms with Gasteiger partial charge >= 0.3 is 0 Å². The quantitative estimate of drug-likeness (QED) is 0.851. The van der Waals surface area contributed by atoms with E-state index >= 15 is 0 Å². The van der Waals surface area contributed by atoms with Crippen LogP contribution in [0.5, 0.6) is 0 Å². The van der Waals surface area contributed by atoms with Crippen LogP contribution in [0.3, 0.4) is 0 Å². The van der Waals surface area contributed by atoms with E-state index in [9.17, 15) is 13.2 Å². The monoisotopic (exact) mass is 387 g/mol. The first-order valence-electron chi connectivity index (χ1n) is 9.59. The van der Waals surface area contributed by atoms with Crippen LogP contribution in [0.2, 0.25) is 0 Å². The Morgan fingerprint density at radius 1 is 1.19 bits per heavy atom. The number of carbonyl (C=O) groups excluding carboxylic acids is 1. The number of aromatic nitrogens is 2. The lowest BCUT2D eigenvalue weighted by atomic mass is 10.0.